The molecule has 7 heteroatoms. The third-order valence-electron chi connectivity index (χ3n) is 3.38. The van der Waals surface area contributed by atoms with E-state index in [9.17, 15) is 14.9 Å². The van der Waals surface area contributed by atoms with Crippen molar-refractivity contribution in [2.45, 2.75) is 24.9 Å². The van der Waals surface area contributed by atoms with Crippen molar-refractivity contribution < 1.29 is 9.72 Å². The topological polar surface area (TPSA) is 102 Å². The molecule has 0 spiro atoms. The number of carbonyl (C=O) groups excluding carboxylic acids is 1. The number of hydrogen-bond acceptors (Lipinski definition) is 5. The van der Waals surface area contributed by atoms with Crippen molar-refractivity contribution in [3.8, 4) is 0 Å². The van der Waals surface area contributed by atoms with Crippen molar-refractivity contribution in [1.82, 2.24) is 4.90 Å². The highest BCUT2D eigenvalue weighted by atomic mass is 16.6. The molecule has 0 heterocycles. The van der Waals surface area contributed by atoms with E-state index in [1.54, 1.807) is 14.1 Å². The maximum absolute atomic E-state index is 11.9. The van der Waals surface area contributed by atoms with Gasteiger partial charge in [0.15, 0.2) is 0 Å². The number of benzene rings is 1. The van der Waals surface area contributed by atoms with Crippen molar-refractivity contribution in [3.05, 3.63) is 33.9 Å². The molecular weight excluding hydrogens is 260 g/mol. The van der Waals surface area contributed by atoms with E-state index < -0.39 is 4.92 Å². The number of nitro benzene ring substituents is 1. The maximum atomic E-state index is 11.9. The van der Waals surface area contributed by atoms with E-state index in [0.29, 0.717) is 11.3 Å². The van der Waals surface area contributed by atoms with Crippen molar-refractivity contribution in [3.63, 3.8) is 0 Å². The Hall–Kier alpha value is -2.15. The van der Waals surface area contributed by atoms with Crippen LogP contribution < -0.4 is 11.1 Å². The smallest absolute Gasteiger partial charge is 0.292 e. The average molecular weight is 278 g/mol. The Kier molecular flexibility index (Phi) is 3.89. The highest BCUT2D eigenvalue weighted by Crippen LogP contribution is 2.30. The molecular formula is C13H18N4O3. The van der Waals surface area contributed by atoms with Gasteiger partial charge in [0.05, 0.1) is 4.92 Å². The van der Waals surface area contributed by atoms with Crippen LogP contribution in [-0.4, -0.2) is 41.9 Å². The van der Waals surface area contributed by atoms with Crippen LogP contribution in [0.5, 0.6) is 0 Å². The molecule has 1 aliphatic carbocycles. The number of nitrogens with one attached hydrogen (secondary N) is 1. The van der Waals surface area contributed by atoms with Crippen LogP contribution in [0.4, 0.5) is 11.4 Å². The van der Waals surface area contributed by atoms with Crippen LogP contribution in [0, 0.1) is 10.1 Å². The Morgan fingerprint density at radius 3 is 2.60 bits per heavy atom. The molecule has 0 unspecified atom stereocenters. The van der Waals surface area contributed by atoms with Gasteiger partial charge in [-0.15, -0.1) is 0 Å². The standard InChI is InChI=1S/C13H18N4O3/c1-16(2)13(18)8-3-4-12(17(19)20)11(5-8)15-10-6-9(14)7-10/h3-5,9-10,15H,6-7,14H2,1-2H3. The Labute approximate surface area is 116 Å². The minimum Gasteiger partial charge on any atom is -0.377 e. The number of carbonyl (C=O) groups is 1. The third-order valence-corrected chi connectivity index (χ3v) is 3.38. The molecule has 0 saturated heterocycles. The molecule has 3 N–H and O–H groups in total. The summed E-state index contributed by atoms with van der Waals surface area (Å²) in [6.45, 7) is 0. The van der Waals surface area contributed by atoms with Crippen LogP contribution in [0.25, 0.3) is 0 Å². The Morgan fingerprint density at radius 1 is 1.45 bits per heavy atom. The molecule has 1 aliphatic rings. The van der Waals surface area contributed by atoms with Gasteiger partial charge in [0, 0.05) is 37.8 Å². The normalized spacial score (nSPS) is 20.9. The molecule has 0 aliphatic heterocycles. The monoisotopic (exact) mass is 278 g/mol. The van der Waals surface area contributed by atoms with Crippen LogP contribution in [0.2, 0.25) is 0 Å². The summed E-state index contributed by atoms with van der Waals surface area (Å²) in [5.74, 6) is -0.187. The minimum atomic E-state index is -0.454. The van der Waals surface area contributed by atoms with Gasteiger partial charge in [-0.25, -0.2) is 0 Å². The highest BCUT2D eigenvalue weighted by molar-refractivity contribution is 5.95. The van der Waals surface area contributed by atoms with Crippen LogP contribution in [0.1, 0.15) is 23.2 Å². The van der Waals surface area contributed by atoms with E-state index in [4.69, 9.17) is 5.73 Å². The number of hydrogen-bond donors (Lipinski definition) is 2. The summed E-state index contributed by atoms with van der Waals surface area (Å²) in [4.78, 5) is 23.9. The lowest BCUT2D eigenvalue weighted by atomic mass is 9.87. The van der Waals surface area contributed by atoms with Gasteiger partial charge in [0.2, 0.25) is 0 Å². The summed E-state index contributed by atoms with van der Waals surface area (Å²) in [7, 11) is 3.28. The Bertz CT molecular complexity index is 538. The van der Waals surface area contributed by atoms with Crippen LogP contribution in [0.15, 0.2) is 18.2 Å². The molecule has 1 aromatic rings. The van der Waals surface area contributed by atoms with Gasteiger partial charge in [-0.1, -0.05) is 0 Å². The third kappa shape index (κ3) is 2.88. The summed E-state index contributed by atoms with van der Waals surface area (Å²) in [6.07, 6.45) is 1.56. The zero-order valence-electron chi connectivity index (χ0n) is 11.5. The number of nitro groups is 1. The van der Waals surface area contributed by atoms with Crippen molar-refractivity contribution in [2.75, 3.05) is 19.4 Å². The zero-order chi connectivity index (χ0) is 14.9. The van der Waals surface area contributed by atoms with Gasteiger partial charge < -0.3 is 16.0 Å². The fraction of sp³-hybridized carbons (Fsp3) is 0.462. The summed E-state index contributed by atoms with van der Waals surface area (Å²) in [5.41, 5.74) is 6.47. The number of nitrogens with zero attached hydrogens (tertiary/aromatic N) is 2. The molecule has 7 nitrogen and oxygen atoms in total. The van der Waals surface area contributed by atoms with E-state index in [1.165, 1.54) is 23.1 Å². The van der Waals surface area contributed by atoms with Gasteiger partial charge in [0.25, 0.3) is 11.6 Å². The maximum Gasteiger partial charge on any atom is 0.292 e. The first kappa shape index (κ1) is 14.3. The summed E-state index contributed by atoms with van der Waals surface area (Å²) in [5, 5.41) is 14.1. The fourth-order valence-electron chi connectivity index (χ4n) is 2.20. The Morgan fingerprint density at radius 2 is 2.10 bits per heavy atom. The largest absolute Gasteiger partial charge is 0.377 e. The second kappa shape index (κ2) is 5.46. The first-order valence-electron chi connectivity index (χ1n) is 6.40. The molecule has 1 aromatic carbocycles. The SMILES string of the molecule is CN(C)C(=O)c1ccc([N+](=O)[O-])c(NC2CC(N)C2)c1. The van der Waals surface area contributed by atoms with Gasteiger partial charge in [-0.05, 0) is 25.0 Å². The number of amides is 1. The van der Waals surface area contributed by atoms with Gasteiger partial charge in [-0.2, -0.15) is 0 Å². The minimum absolute atomic E-state index is 0.0271. The van der Waals surface area contributed by atoms with Crippen LogP contribution in [0.3, 0.4) is 0 Å². The van der Waals surface area contributed by atoms with Crippen LogP contribution >= 0.6 is 0 Å². The molecule has 1 saturated carbocycles. The second-order valence-electron chi connectivity index (χ2n) is 5.26. The van der Waals surface area contributed by atoms with Gasteiger partial charge in [-0.3, -0.25) is 14.9 Å². The summed E-state index contributed by atoms with van der Waals surface area (Å²) in [6, 6.07) is 4.65. The molecule has 0 radical (unpaired) electrons. The molecule has 0 atom stereocenters. The van der Waals surface area contributed by atoms with Crippen molar-refractivity contribution >= 4 is 17.3 Å². The molecule has 2 rings (SSSR count). The van der Waals surface area contributed by atoms with Crippen LogP contribution in [-0.2, 0) is 0 Å². The highest BCUT2D eigenvalue weighted by Gasteiger charge is 2.28. The number of anilines is 1. The quantitative estimate of drug-likeness (QED) is 0.636. The first-order chi connectivity index (χ1) is 9.38. The van der Waals surface area contributed by atoms with E-state index in [1.807, 2.05) is 0 Å². The molecule has 0 bridgehead atoms. The average Bonchev–Trinajstić information content (AvgIpc) is 2.35. The number of nitrogens with two attached hydrogens (primary N) is 1. The van der Waals surface area contributed by atoms with Crippen molar-refractivity contribution in [2.24, 2.45) is 5.73 Å². The molecule has 1 fully saturated rings. The van der Waals surface area contributed by atoms with E-state index in [-0.39, 0.29) is 23.7 Å². The van der Waals surface area contributed by atoms with E-state index in [0.717, 1.165) is 12.8 Å². The summed E-state index contributed by atoms with van der Waals surface area (Å²) >= 11 is 0. The first-order valence-corrected chi connectivity index (χ1v) is 6.40. The lowest BCUT2D eigenvalue weighted by Gasteiger charge is -2.33. The summed E-state index contributed by atoms with van der Waals surface area (Å²) < 4.78 is 0. The lowest BCUT2D eigenvalue weighted by Crippen LogP contribution is -2.44. The van der Waals surface area contributed by atoms with E-state index >= 15 is 0 Å². The zero-order valence-corrected chi connectivity index (χ0v) is 11.5. The molecule has 1 amide bonds. The lowest BCUT2D eigenvalue weighted by molar-refractivity contribution is -0.384. The number of rotatable bonds is 4. The van der Waals surface area contributed by atoms with E-state index in [2.05, 4.69) is 5.32 Å². The molecule has 0 aromatic heterocycles. The van der Waals surface area contributed by atoms with Gasteiger partial charge in [0.1, 0.15) is 5.69 Å². The predicted octanol–water partition coefficient (Wildman–Crippen LogP) is 1.20. The fourth-order valence-corrected chi connectivity index (χ4v) is 2.20. The Balaban J connectivity index is 2.27. The molecule has 20 heavy (non-hydrogen) atoms. The van der Waals surface area contributed by atoms with Crippen molar-refractivity contribution in [1.29, 1.82) is 0 Å². The predicted molar refractivity (Wildman–Crippen MR) is 75.7 cm³/mol. The second-order valence-corrected chi connectivity index (χ2v) is 5.26. The molecule has 108 valence electrons. The van der Waals surface area contributed by atoms with Gasteiger partial charge >= 0.3 is 0 Å².